The summed E-state index contributed by atoms with van der Waals surface area (Å²) in [4.78, 5) is 9.61. The van der Waals surface area contributed by atoms with Gasteiger partial charge in [0.05, 0.1) is 16.9 Å². The van der Waals surface area contributed by atoms with Crippen molar-refractivity contribution in [2.24, 2.45) is 0 Å². The molecule has 0 fully saturated rings. The minimum atomic E-state index is -0.339. The van der Waals surface area contributed by atoms with Gasteiger partial charge < -0.3 is 38.4 Å². The van der Waals surface area contributed by atoms with Gasteiger partial charge in [-0.05, 0) is 159 Å². The van der Waals surface area contributed by atoms with Crippen molar-refractivity contribution in [1.82, 2.24) is 4.57 Å². The molecule has 0 amide bonds. The highest BCUT2D eigenvalue weighted by Crippen LogP contribution is 2.50. The van der Waals surface area contributed by atoms with Crippen molar-refractivity contribution in [3.63, 3.8) is 0 Å². The molecule has 1 aromatic heterocycles. The van der Waals surface area contributed by atoms with Crippen LogP contribution in [-0.4, -0.2) is 24.7 Å². The first-order chi connectivity index (χ1) is 47.5. The van der Waals surface area contributed by atoms with Crippen LogP contribution in [0.15, 0.2) is 309 Å². The number of hydrogen-bond acceptors (Lipinski definition) is 7. The van der Waals surface area contributed by atoms with E-state index in [1.54, 1.807) is 0 Å². The summed E-state index contributed by atoms with van der Waals surface area (Å²) in [6.07, 6.45) is 0. The lowest BCUT2D eigenvalue weighted by Gasteiger charge is -2.43. The van der Waals surface area contributed by atoms with Gasteiger partial charge in [-0.15, -0.1) is 0 Å². The van der Waals surface area contributed by atoms with Crippen molar-refractivity contribution in [2.75, 3.05) is 19.6 Å². The summed E-state index contributed by atoms with van der Waals surface area (Å²) in [5, 5.41) is 2.96. The molecule has 96 heavy (non-hydrogen) atoms. The summed E-state index contributed by atoms with van der Waals surface area (Å²) in [5.41, 5.74) is 26.0. The molecule has 0 atom stereocenters. The van der Waals surface area contributed by atoms with Crippen LogP contribution in [-0.2, 0) is 0 Å². The molecule has 0 unspecified atom stereocenters. The summed E-state index contributed by atoms with van der Waals surface area (Å²) in [6.45, 7) is -0.759. The number of benzene rings is 14. The van der Waals surface area contributed by atoms with Gasteiger partial charge in [-0.1, -0.05) is 188 Å². The predicted molar refractivity (Wildman–Crippen MR) is 398 cm³/mol. The van der Waals surface area contributed by atoms with Crippen LogP contribution in [0.2, 0.25) is 5.02 Å². The number of ether oxygens (including phenoxy) is 3. The fourth-order valence-electron chi connectivity index (χ4n) is 16.7. The van der Waals surface area contributed by atoms with Crippen LogP contribution in [0.5, 0.6) is 34.5 Å². The summed E-state index contributed by atoms with van der Waals surface area (Å²) in [5.74, 6) is 4.48. The fraction of sp³-hybridized carbons (Fsp3) is 0. The number of nitrogens with zero attached hydrogens (tertiary/aromatic N) is 5. The second-order valence-corrected chi connectivity index (χ2v) is 26.0. The molecule has 12 heteroatoms. The number of para-hydroxylation sites is 9. The van der Waals surface area contributed by atoms with Crippen LogP contribution in [0.25, 0.3) is 27.5 Å². The molecule has 15 aromatic rings. The average molecular weight is 1250 g/mol. The van der Waals surface area contributed by atoms with Crippen molar-refractivity contribution in [3.8, 4) is 40.2 Å². The highest BCUT2D eigenvalue weighted by Gasteiger charge is 2.49. The second-order valence-electron chi connectivity index (χ2n) is 25.6. The Kier molecular flexibility index (Phi) is 11.4. The first kappa shape index (κ1) is 53.5. The number of hydrogen-bond donors (Lipinski definition) is 0. The topological polar surface area (TPSA) is 45.6 Å². The quantitative estimate of drug-likeness (QED) is 0.141. The van der Waals surface area contributed by atoms with E-state index in [1.807, 2.05) is 12.1 Å². The third-order valence-corrected chi connectivity index (χ3v) is 20.7. The van der Waals surface area contributed by atoms with Crippen LogP contribution in [0.3, 0.4) is 0 Å². The van der Waals surface area contributed by atoms with E-state index >= 15 is 0 Å². The standard InChI is InChI=1S/C84H51B3ClN5O3/c88-52-42-78-83-79(43-52)96-77-51-71-66(86-64-39-23-37-62-61-36-19-21-40-69(61)93(84(62)64)73-45-59(44-72(81(73)86)91(71)57-32-15-5-16-33-57)89(53-24-7-1-8-25-53)54-26-9-2-10-27-54)49-68(77)87(83)67-48-65-70(50-76(67)95-78)92(58-34-17-6-18-35-58)74-46-60(47-80-82(74)85(65)63-38-20-22-41-75(63)94-80)90(55-28-11-3-12-29-55)56-30-13-4-14-31-56/h1-51H. The van der Waals surface area contributed by atoms with E-state index < -0.39 is 0 Å². The number of fused-ring (bicyclic) bond motifs is 15. The Morgan fingerprint density at radius 3 is 1.25 bits per heavy atom. The molecule has 0 N–H and O–H groups in total. The average Bonchev–Trinajstić information content (AvgIpc) is 1.13. The van der Waals surface area contributed by atoms with Gasteiger partial charge in [0, 0.05) is 108 Å². The van der Waals surface area contributed by atoms with Crippen molar-refractivity contribution in [3.05, 3.63) is 314 Å². The van der Waals surface area contributed by atoms with Gasteiger partial charge in [0.1, 0.15) is 34.5 Å². The molecule has 0 saturated heterocycles. The van der Waals surface area contributed by atoms with Crippen molar-refractivity contribution < 1.29 is 14.2 Å². The maximum Gasteiger partial charge on any atom is 0.260 e. The summed E-state index contributed by atoms with van der Waals surface area (Å²) in [7, 11) is 0. The van der Waals surface area contributed by atoms with Crippen LogP contribution < -0.4 is 83.0 Å². The highest BCUT2D eigenvalue weighted by molar-refractivity contribution is 7.03. The number of anilines is 12. The number of rotatable bonds is 8. The molecule has 14 aromatic carbocycles. The van der Waals surface area contributed by atoms with E-state index in [-0.39, 0.29) is 20.1 Å². The zero-order valence-electron chi connectivity index (χ0n) is 51.5. The lowest BCUT2D eigenvalue weighted by atomic mass is 9.30. The molecule has 21 rings (SSSR count). The Bertz CT molecular complexity index is 5670. The molecule has 0 radical (unpaired) electrons. The molecule has 0 saturated carbocycles. The van der Waals surface area contributed by atoms with E-state index in [2.05, 4.69) is 321 Å². The monoisotopic (exact) mass is 1250 g/mol. The van der Waals surface area contributed by atoms with Crippen molar-refractivity contribution in [1.29, 1.82) is 0 Å². The minimum Gasteiger partial charge on any atom is -0.458 e. The Morgan fingerprint density at radius 2 is 0.688 bits per heavy atom. The SMILES string of the molecule is Clc1cc2c3c(c1)Oc1cc4c(cc1B3c1cc3c(cc1O2)N(c1ccccc1)c1cc(N(c2ccccc2)c2ccccc2)cc2c1B3c1ccccc1O2)B1c2c(cc(N(c3ccccc3)c3ccccc3)cc2-n2c3ccccc3c3cccc1c32)N4c1ccccc1. The van der Waals surface area contributed by atoms with E-state index in [0.29, 0.717) is 16.5 Å². The molecule has 0 aliphatic carbocycles. The molecular formula is C84H51B3ClN5O3. The van der Waals surface area contributed by atoms with E-state index in [9.17, 15) is 0 Å². The molecular weight excluding hydrogens is 1190 g/mol. The van der Waals surface area contributed by atoms with Gasteiger partial charge in [-0.25, -0.2) is 0 Å². The van der Waals surface area contributed by atoms with Crippen molar-refractivity contribution >= 4 is 171 Å². The van der Waals surface area contributed by atoms with E-state index in [0.717, 1.165) is 130 Å². The normalized spacial score (nSPS) is 13.4. The van der Waals surface area contributed by atoms with E-state index in [4.69, 9.17) is 25.8 Å². The van der Waals surface area contributed by atoms with Gasteiger partial charge in [-0.2, -0.15) is 0 Å². The Labute approximate surface area is 560 Å². The van der Waals surface area contributed by atoms with Gasteiger partial charge in [0.25, 0.3) is 20.1 Å². The van der Waals surface area contributed by atoms with Crippen LogP contribution in [0.1, 0.15) is 0 Å². The molecule has 446 valence electrons. The molecule has 0 spiro atoms. The number of halogens is 1. The highest BCUT2D eigenvalue weighted by atomic mass is 35.5. The Morgan fingerprint density at radius 1 is 0.271 bits per heavy atom. The Balaban J connectivity index is 0.819. The minimum absolute atomic E-state index is 0.196. The fourth-order valence-corrected chi connectivity index (χ4v) is 16.9. The maximum absolute atomic E-state index is 7.41. The first-order valence-corrected chi connectivity index (χ1v) is 33.1. The van der Waals surface area contributed by atoms with Gasteiger partial charge in [0.2, 0.25) is 0 Å². The summed E-state index contributed by atoms with van der Waals surface area (Å²) < 4.78 is 24.6. The van der Waals surface area contributed by atoms with Crippen molar-refractivity contribution in [2.45, 2.75) is 0 Å². The Hall–Kier alpha value is -12.0. The van der Waals surface area contributed by atoms with Gasteiger partial charge in [0.15, 0.2) is 0 Å². The summed E-state index contributed by atoms with van der Waals surface area (Å²) in [6, 6.07) is 112. The van der Waals surface area contributed by atoms with E-state index in [1.165, 1.54) is 38.2 Å². The number of aromatic nitrogens is 1. The molecule has 6 aliphatic heterocycles. The van der Waals surface area contributed by atoms with Crippen LogP contribution >= 0.6 is 11.6 Å². The molecule has 0 bridgehead atoms. The maximum atomic E-state index is 7.41. The van der Waals surface area contributed by atoms with Crippen LogP contribution in [0, 0.1) is 0 Å². The third kappa shape index (κ3) is 7.71. The van der Waals surface area contributed by atoms with Gasteiger partial charge >= 0.3 is 0 Å². The predicted octanol–water partition coefficient (Wildman–Crippen LogP) is 16.1. The molecule has 6 aliphatic rings. The first-order valence-electron chi connectivity index (χ1n) is 32.8. The third-order valence-electron chi connectivity index (χ3n) is 20.5. The van der Waals surface area contributed by atoms with Gasteiger partial charge in [-0.3, -0.25) is 0 Å². The lowest BCUT2D eigenvalue weighted by Crippen LogP contribution is -2.64. The zero-order valence-corrected chi connectivity index (χ0v) is 52.3. The largest absolute Gasteiger partial charge is 0.458 e. The molecule has 8 nitrogen and oxygen atoms in total. The van der Waals surface area contributed by atoms with Crippen LogP contribution in [0.4, 0.5) is 68.2 Å². The zero-order chi connectivity index (χ0) is 62.9. The lowest BCUT2D eigenvalue weighted by molar-refractivity contribution is 0.465. The summed E-state index contributed by atoms with van der Waals surface area (Å²) >= 11 is 7.27. The second kappa shape index (κ2) is 20.5. The molecule has 7 heterocycles. The smallest absolute Gasteiger partial charge is 0.260 e.